The number of nitrogens with one attached hydrogen (secondary N) is 1. The van der Waals surface area contributed by atoms with Crippen molar-refractivity contribution in [3.63, 3.8) is 0 Å². The molecule has 32 heavy (non-hydrogen) atoms. The minimum absolute atomic E-state index is 0.332. The molecule has 3 aromatic rings. The summed E-state index contributed by atoms with van der Waals surface area (Å²) in [6.45, 7) is 2.88. The standard InChI is InChI=1S/C24H26ClN3O4/c1-31-21-5-3-4-15-16(21)7-6-14-12-27(13-18(14)15)8-9-28-23(29)17-10-19(25)22(32-2)11-20(17)26-24(28)30/h3-5,10-11,14,18H,6-9,12-13H2,1-2H3,(H,26,30)/t14-,18+/m0/s1. The minimum atomic E-state index is -0.418. The smallest absolute Gasteiger partial charge is 0.328 e. The van der Waals surface area contributed by atoms with E-state index in [9.17, 15) is 9.59 Å². The molecule has 2 atom stereocenters. The number of hydrogen-bond donors (Lipinski definition) is 1. The van der Waals surface area contributed by atoms with E-state index in [2.05, 4.69) is 22.0 Å². The van der Waals surface area contributed by atoms with Gasteiger partial charge in [0.2, 0.25) is 0 Å². The zero-order chi connectivity index (χ0) is 22.4. The van der Waals surface area contributed by atoms with E-state index in [4.69, 9.17) is 21.1 Å². The van der Waals surface area contributed by atoms with Crippen LogP contribution in [0.3, 0.4) is 0 Å². The second-order valence-corrected chi connectivity index (χ2v) is 9.02. The second kappa shape index (κ2) is 8.30. The summed E-state index contributed by atoms with van der Waals surface area (Å²) >= 11 is 6.20. The number of aromatic amines is 1. The molecular formula is C24H26ClN3O4. The monoisotopic (exact) mass is 455 g/mol. The van der Waals surface area contributed by atoms with Gasteiger partial charge in [0.15, 0.2) is 0 Å². The van der Waals surface area contributed by atoms with Crippen molar-refractivity contribution in [1.82, 2.24) is 14.5 Å². The zero-order valence-corrected chi connectivity index (χ0v) is 18.9. The van der Waals surface area contributed by atoms with Gasteiger partial charge in [0.25, 0.3) is 5.56 Å². The third-order valence-electron chi connectivity index (χ3n) is 6.96. The fourth-order valence-corrected chi connectivity index (χ4v) is 5.60. The maximum absolute atomic E-state index is 13.0. The van der Waals surface area contributed by atoms with Gasteiger partial charge in [-0.3, -0.25) is 9.36 Å². The van der Waals surface area contributed by atoms with E-state index in [1.807, 2.05) is 6.07 Å². The zero-order valence-electron chi connectivity index (χ0n) is 18.2. The first kappa shape index (κ1) is 21.1. The first-order chi connectivity index (χ1) is 15.5. The maximum Gasteiger partial charge on any atom is 0.328 e. The molecule has 0 amide bonds. The number of aromatic nitrogens is 2. The average Bonchev–Trinajstić information content (AvgIpc) is 3.22. The molecule has 5 rings (SSSR count). The van der Waals surface area contributed by atoms with Gasteiger partial charge in [0.05, 0.1) is 30.1 Å². The summed E-state index contributed by atoms with van der Waals surface area (Å²) in [6, 6.07) is 9.46. The Kier molecular flexibility index (Phi) is 5.47. The molecule has 2 aromatic carbocycles. The number of hydrogen-bond acceptors (Lipinski definition) is 5. The summed E-state index contributed by atoms with van der Waals surface area (Å²) < 4.78 is 12.0. The number of methoxy groups -OCH3 is 2. The van der Waals surface area contributed by atoms with Gasteiger partial charge in [-0.1, -0.05) is 23.7 Å². The average molecular weight is 456 g/mol. The number of H-pyrrole nitrogens is 1. The predicted molar refractivity (Wildman–Crippen MR) is 124 cm³/mol. The third-order valence-corrected chi connectivity index (χ3v) is 7.26. The van der Waals surface area contributed by atoms with Crippen LogP contribution in [0.4, 0.5) is 0 Å². The molecular weight excluding hydrogens is 430 g/mol. The van der Waals surface area contributed by atoms with Crippen LogP contribution in [0.2, 0.25) is 5.02 Å². The molecule has 168 valence electrons. The Bertz CT molecular complexity index is 1300. The number of fused-ring (bicyclic) bond motifs is 4. The first-order valence-electron chi connectivity index (χ1n) is 10.9. The lowest BCUT2D eigenvalue weighted by Crippen LogP contribution is -2.38. The van der Waals surface area contributed by atoms with Crippen molar-refractivity contribution in [3.8, 4) is 11.5 Å². The molecule has 1 N–H and O–H groups in total. The Hall–Kier alpha value is -2.77. The Balaban J connectivity index is 1.37. The molecule has 0 radical (unpaired) electrons. The Morgan fingerprint density at radius 1 is 1.09 bits per heavy atom. The van der Waals surface area contributed by atoms with Gasteiger partial charge in [-0.2, -0.15) is 0 Å². The SMILES string of the molecule is COc1cc2[nH]c(=O)n(CCN3C[C@@H]4CCc5c(OC)cccc5[C@@H]4C3)c(=O)c2cc1Cl. The van der Waals surface area contributed by atoms with Gasteiger partial charge in [-0.15, -0.1) is 0 Å². The van der Waals surface area contributed by atoms with Crippen LogP contribution < -0.4 is 20.7 Å². The summed E-state index contributed by atoms with van der Waals surface area (Å²) in [5, 5.41) is 0.722. The lowest BCUT2D eigenvalue weighted by molar-refractivity contribution is 0.303. The van der Waals surface area contributed by atoms with Gasteiger partial charge in [-0.25, -0.2) is 4.79 Å². The van der Waals surface area contributed by atoms with Crippen LogP contribution in [-0.2, 0) is 13.0 Å². The number of rotatable bonds is 5. The molecule has 2 heterocycles. The fraction of sp³-hybridized carbons (Fsp3) is 0.417. The van der Waals surface area contributed by atoms with Gasteiger partial charge < -0.3 is 19.4 Å². The number of ether oxygens (including phenoxy) is 2. The lowest BCUT2D eigenvalue weighted by atomic mass is 9.77. The van der Waals surface area contributed by atoms with E-state index in [0.29, 0.717) is 46.6 Å². The third kappa shape index (κ3) is 3.49. The first-order valence-corrected chi connectivity index (χ1v) is 11.3. The highest BCUT2D eigenvalue weighted by molar-refractivity contribution is 6.32. The van der Waals surface area contributed by atoms with Crippen LogP contribution in [0.5, 0.6) is 11.5 Å². The van der Waals surface area contributed by atoms with Crippen molar-refractivity contribution in [2.75, 3.05) is 33.9 Å². The Labute approximate surface area is 190 Å². The number of nitrogens with zero attached hydrogens (tertiary/aromatic N) is 2. The summed E-state index contributed by atoms with van der Waals surface area (Å²) in [5.41, 5.74) is 2.38. The van der Waals surface area contributed by atoms with E-state index in [0.717, 1.165) is 31.7 Å². The number of benzene rings is 2. The highest BCUT2D eigenvalue weighted by Gasteiger charge is 2.38. The molecule has 2 aliphatic rings. The van der Waals surface area contributed by atoms with Gasteiger partial charge in [-0.05, 0) is 42.0 Å². The molecule has 0 saturated carbocycles. The van der Waals surface area contributed by atoms with E-state index in [1.54, 1.807) is 19.2 Å². The summed E-state index contributed by atoms with van der Waals surface area (Å²) in [6.07, 6.45) is 2.16. The van der Waals surface area contributed by atoms with Crippen LogP contribution in [0.15, 0.2) is 39.9 Å². The topological polar surface area (TPSA) is 76.6 Å². The highest BCUT2D eigenvalue weighted by Crippen LogP contribution is 2.43. The molecule has 1 aliphatic heterocycles. The van der Waals surface area contributed by atoms with Crippen molar-refractivity contribution >= 4 is 22.5 Å². The quantitative estimate of drug-likeness (QED) is 0.640. The van der Waals surface area contributed by atoms with E-state index < -0.39 is 5.69 Å². The molecule has 8 heteroatoms. The van der Waals surface area contributed by atoms with E-state index >= 15 is 0 Å². The number of halogens is 1. The van der Waals surface area contributed by atoms with Crippen molar-refractivity contribution in [1.29, 1.82) is 0 Å². The fourth-order valence-electron chi connectivity index (χ4n) is 5.36. The van der Waals surface area contributed by atoms with Crippen LogP contribution in [0, 0.1) is 5.92 Å². The molecule has 0 bridgehead atoms. The Morgan fingerprint density at radius 3 is 2.69 bits per heavy atom. The van der Waals surface area contributed by atoms with Crippen molar-refractivity contribution in [2.24, 2.45) is 5.92 Å². The molecule has 1 aromatic heterocycles. The van der Waals surface area contributed by atoms with Crippen LogP contribution in [0.1, 0.15) is 23.5 Å². The second-order valence-electron chi connectivity index (χ2n) is 8.61. The summed E-state index contributed by atoms with van der Waals surface area (Å²) in [7, 11) is 3.22. The molecule has 0 unspecified atom stereocenters. The summed E-state index contributed by atoms with van der Waals surface area (Å²) in [5.74, 6) is 2.45. The van der Waals surface area contributed by atoms with Gasteiger partial charge >= 0.3 is 5.69 Å². The predicted octanol–water partition coefficient (Wildman–Crippen LogP) is 3.02. The summed E-state index contributed by atoms with van der Waals surface area (Å²) in [4.78, 5) is 30.8. The van der Waals surface area contributed by atoms with Crippen molar-refractivity contribution in [3.05, 3.63) is 67.3 Å². The van der Waals surface area contributed by atoms with Crippen molar-refractivity contribution in [2.45, 2.75) is 25.3 Å². The maximum atomic E-state index is 13.0. The number of likely N-dealkylation sites (tertiary alicyclic amines) is 1. The van der Waals surface area contributed by atoms with Crippen LogP contribution >= 0.6 is 11.6 Å². The van der Waals surface area contributed by atoms with Gasteiger partial charge in [0, 0.05) is 38.2 Å². The highest BCUT2D eigenvalue weighted by atomic mass is 35.5. The van der Waals surface area contributed by atoms with Crippen LogP contribution in [-0.4, -0.2) is 48.3 Å². The molecule has 7 nitrogen and oxygen atoms in total. The molecule has 1 saturated heterocycles. The van der Waals surface area contributed by atoms with Crippen molar-refractivity contribution < 1.29 is 9.47 Å². The Morgan fingerprint density at radius 2 is 1.91 bits per heavy atom. The molecule has 1 aliphatic carbocycles. The van der Waals surface area contributed by atoms with Crippen LogP contribution in [0.25, 0.3) is 10.9 Å². The molecule has 1 fully saturated rings. The van der Waals surface area contributed by atoms with E-state index in [1.165, 1.54) is 22.8 Å². The minimum Gasteiger partial charge on any atom is -0.496 e. The lowest BCUT2D eigenvalue weighted by Gasteiger charge is -2.28. The van der Waals surface area contributed by atoms with Gasteiger partial charge in [0.1, 0.15) is 11.5 Å². The van der Waals surface area contributed by atoms with E-state index in [-0.39, 0.29) is 5.56 Å². The normalized spacial score (nSPS) is 20.2. The largest absolute Gasteiger partial charge is 0.496 e. The molecule has 0 spiro atoms.